The first-order valence-electron chi connectivity index (χ1n) is 8.09. The van der Waals surface area contributed by atoms with Crippen molar-refractivity contribution in [1.82, 2.24) is 19.7 Å². The van der Waals surface area contributed by atoms with Crippen molar-refractivity contribution in [3.05, 3.63) is 6.33 Å². The molecule has 0 saturated carbocycles. The number of methoxy groups -OCH3 is 1. The van der Waals surface area contributed by atoms with E-state index in [1.165, 1.54) is 12.8 Å². The van der Waals surface area contributed by atoms with Crippen LogP contribution in [0.4, 0.5) is 0 Å². The molecule has 0 aliphatic carbocycles. The molecule has 0 radical (unpaired) electrons. The van der Waals surface area contributed by atoms with Gasteiger partial charge in [0.1, 0.15) is 6.33 Å². The summed E-state index contributed by atoms with van der Waals surface area (Å²) in [5.74, 6) is 1.49. The second kappa shape index (κ2) is 9.50. The number of rotatable bonds is 9. The smallest absolute Gasteiger partial charge is 0.191 e. The zero-order chi connectivity index (χ0) is 15.8. The zero-order valence-corrected chi connectivity index (χ0v) is 14.5. The van der Waals surface area contributed by atoms with E-state index >= 15 is 0 Å². The van der Waals surface area contributed by atoms with E-state index in [0.29, 0.717) is 5.75 Å². The lowest BCUT2D eigenvalue weighted by atomic mass is 9.99. The largest absolute Gasteiger partial charge is 0.391 e. The lowest BCUT2D eigenvalue weighted by molar-refractivity contribution is 0.105. The molecular weight excluding hydrogens is 300 g/mol. The summed E-state index contributed by atoms with van der Waals surface area (Å²) >= 11 is 1.58. The lowest BCUT2D eigenvalue weighted by Gasteiger charge is -2.31. The number of thioether (sulfide) groups is 1. The zero-order valence-electron chi connectivity index (χ0n) is 13.6. The van der Waals surface area contributed by atoms with Crippen LogP contribution in [0.5, 0.6) is 0 Å². The van der Waals surface area contributed by atoms with Crippen molar-refractivity contribution in [3.63, 3.8) is 0 Å². The lowest BCUT2D eigenvalue weighted by Crippen LogP contribution is -2.39. The fraction of sp³-hybridized carbons (Fsp3) is 0.867. The molecule has 0 bridgehead atoms. The molecule has 126 valence electrons. The van der Waals surface area contributed by atoms with Gasteiger partial charge < -0.3 is 19.3 Å². The molecule has 1 unspecified atom stereocenters. The van der Waals surface area contributed by atoms with E-state index in [1.807, 2.05) is 4.57 Å². The summed E-state index contributed by atoms with van der Waals surface area (Å²) in [7, 11) is 1.71. The van der Waals surface area contributed by atoms with Gasteiger partial charge in [-0.15, -0.1) is 10.2 Å². The summed E-state index contributed by atoms with van der Waals surface area (Å²) in [5.41, 5.74) is 0. The van der Waals surface area contributed by atoms with Crippen molar-refractivity contribution in [2.45, 2.75) is 44.0 Å². The van der Waals surface area contributed by atoms with E-state index < -0.39 is 0 Å². The van der Waals surface area contributed by atoms with E-state index in [0.717, 1.165) is 50.3 Å². The van der Waals surface area contributed by atoms with Crippen molar-refractivity contribution in [2.24, 2.45) is 5.92 Å². The Balaban J connectivity index is 1.69. The molecule has 7 heteroatoms. The molecule has 0 aromatic carbocycles. The van der Waals surface area contributed by atoms with Crippen LogP contribution in [0, 0.1) is 5.92 Å². The number of ether oxygens (including phenoxy) is 1. The Morgan fingerprint density at radius 2 is 2.23 bits per heavy atom. The molecule has 22 heavy (non-hydrogen) atoms. The minimum atomic E-state index is -0.317. The summed E-state index contributed by atoms with van der Waals surface area (Å²) in [6.07, 6.45) is 4.86. The van der Waals surface area contributed by atoms with Gasteiger partial charge in [-0.1, -0.05) is 18.7 Å². The van der Waals surface area contributed by atoms with Gasteiger partial charge in [0.25, 0.3) is 0 Å². The molecule has 1 aliphatic rings. The van der Waals surface area contributed by atoms with E-state index in [1.54, 1.807) is 25.2 Å². The number of aliphatic hydroxyl groups is 1. The summed E-state index contributed by atoms with van der Waals surface area (Å²) in [4.78, 5) is 2.37. The normalized spacial score (nSPS) is 18.7. The molecule has 1 saturated heterocycles. The molecule has 1 atom stereocenters. The number of aliphatic hydroxyl groups excluding tert-OH is 1. The summed E-state index contributed by atoms with van der Waals surface area (Å²) in [6.45, 7) is 6.87. The van der Waals surface area contributed by atoms with Crippen LogP contribution < -0.4 is 0 Å². The van der Waals surface area contributed by atoms with Crippen LogP contribution >= 0.6 is 11.8 Å². The quantitative estimate of drug-likeness (QED) is 0.547. The molecule has 0 spiro atoms. The highest BCUT2D eigenvalue weighted by Crippen LogP contribution is 2.19. The number of likely N-dealkylation sites (tertiary alicyclic amines) is 1. The predicted molar refractivity (Wildman–Crippen MR) is 88.1 cm³/mol. The highest BCUT2D eigenvalue weighted by atomic mass is 32.2. The van der Waals surface area contributed by atoms with Crippen molar-refractivity contribution >= 4 is 11.8 Å². The Morgan fingerprint density at radius 3 is 2.95 bits per heavy atom. The topological polar surface area (TPSA) is 63.4 Å². The van der Waals surface area contributed by atoms with Crippen LogP contribution in [0.1, 0.15) is 26.2 Å². The van der Waals surface area contributed by atoms with Crippen molar-refractivity contribution in [1.29, 1.82) is 0 Å². The number of aromatic nitrogens is 3. The van der Waals surface area contributed by atoms with Crippen LogP contribution in [0.25, 0.3) is 0 Å². The SMILES string of the molecule is COCCCn1cnnc1SCC(O)CN1CCC(C)CC1. The average molecular weight is 328 g/mol. The number of β-amino-alcohol motifs (C(OH)–C–C–N with tert-alkyl or cyclic N) is 1. The first-order valence-corrected chi connectivity index (χ1v) is 9.07. The molecule has 2 rings (SSSR count). The summed E-state index contributed by atoms with van der Waals surface area (Å²) in [6, 6.07) is 0. The minimum Gasteiger partial charge on any atom is -0.391 e. The Labute approximate surface area is 137 Å². The van der Waals surface area contributed by atoms with E-state index in [9.17, 15) is 5.11 Å². The van der Waals surface area contributed by atoms with Gasteiger partial charge in [-0.25, -0.2) is 0 Å². The van der Waals surface area contributed by atoms with Crippen molar-refractivity contribution in [3.8, 4) is 0 Å². The summed E-state index contributed by atoms with van der Waals surface area (Å²) in [5, 5.41) is 19.2. The highest BCUT2D eigenvalue weighted by molar-refractivity contribution is 7.99. The van der Waals surface area contributed by atoms with Gasteiger partial charge >= 0.3 is 0 Å². The third-order valence-corrected chi connectivity index (χ3v) is 5.20. The molecular formula is C15H28N4O2S. The number of hydrogen-bond donors (Lipinski definition) is 1. The first-order chi connectivity index (χ1) is 10.7. The number of piperidine rings is 1. The van der Waals surface area contributed by atoms with Crippen LogP contribution in [0.15, 0.2) is 11.5 Å². The maximum Gasteiger partial charge on any atom is 0.191 e. The first kappa shape index (κ1) is 17.7. The second-order valence-electron chi connectivity index (χ2n) is 6.10. The van der Waals surface area contributed by atoms with Gasteiger partial charge in [0.15, 0.2) is 5.16 Å². The highest BCUT2D eigenvalue weighted by Gasteiger charge is 2.19. The maximum absolute atomic E-state index is 10.2. The van der Waals surface area contributed by atoms with E-state index in [2.05, 4.69) is 22.0 Å². The molecule has 2 heterocycles. The monoisotopic (exact) mass is 328 g/mol. The summed E-state index contributed by atoms with van der Waals surface area (Å²) < 4.78 is 7.09. The third-order valence-electron chi connectivity index (χ3n) is 4.08. The van der Waals surface area contributed by atoms with Gasteiger partial charge in [-0.05, 0) is 38.3 Å². The van der Waals surface area contributed by atoms with Gasteiger partial charge in [0, 0.05) is 32.6 Å². The Morgan fingerprint density at radius 1 is 1.45 bits per heavy atom. The number of nitrogens with zero attached hydrogens (tertiary/aromatic N) is 4. The van der Waals surface area contributed by atoms with Gasteiger partial charge in [-0.2, -0.15) is 0 Å². The van der Waals surface area contributed by atoms with Crippen LogP contribution in [-0.2, 0) is 11.3 Å². The fourth-order valence-electron chi connectivity index (χ4n) is 2.65. The van der Waals surface area contributed by atoms with Gasteiger partial charge in [0.2, 0.25) is 0 Å². The van der Waals surface area contributed by atoms with Gasteiger partial charge in [0.05, 0.1) is 6.10 Å². The Hall–Kier alpha value is -0.630. The molecule has 1 aromatic rings. The van der Waals surface area contributed by atoms with E-state index in [-0.39, 0.29) is 6.10 Å². The van der Waals surface area contributed by atoms with Crippen LogP contribution in [-0.4, -0.2) is 70.0 Å². The standard InChI is InChI=1S/C15H28N4O2S/c1-13-4-7-18(8-5-13)10-14(20)11-22-15-17-16-12-19(15)6-3-9-21-2/h12-14,20H,3-11H2,1-2H3. The van der Waals surface area contributed by atoms with Crippen molar-refractivity contribution < 1.29 is 9.84 Å². The average Bonchev–Trinajstić information content (AvgIpc) is 2.95. The third kappa shape index (κ3) is 5.87. The number of hydrogen-bond acceptors (Lipinski definition) is 6. The van der Waals surface area contributed by atoms with Gasteiger partial charge in [-0.3, -0.25) is 0 Å². The maximum atomic E-state index is 10.2. The van der Waals surface area contributed by atoms with Crippen molar-refractivity contribution in [2.75, 3.05) is 39.1 Å². The van der Waals surface area contributed by atoms with Crippen LogP contribution in [0.3, 0.4) is 0 Å². The Bertz CT molecular complexity index is 421. The number of aryl methyl sites for hydroxylation is 1. The minimum absolute atomic E-state index is 0.317. The molecule has 6 nitrogen and oxygen atoms in total. The second-order valence-corrected chi connectivity index (χ2v) is 7.09. The molecule has 1 N–H and O–H groups in total. The molecule has 1 aliphatic heterocycles. The predicted octanol–water partition coefficient (Wildman–Crippen LogP) is 1.50. The van der Waals surface area contributed by atoms with Crippen LogP contribution in [0.2, 0.25) is 0 Å². The molecule has 1 aromatic heterocycles. The Kier molecular flexibility index (Phi) is 7.65. The van der Waals surface area contributed by atoms with E-state index in [4.69, 9.17) is 4.74 Å². The fourth-order valence-corrected chi connectivity index (χ4v) is 3.51. The molecule has 0 amide bonds. The molecule has 1 fully saturated rings.